The highest BCUT2D eigenvalue weighted by Gasteiger charge is 2.17. The van der Waals surface area contributed by atoms with Crippen LogP contribution in [0.3, 0.4) is 0 Å². The lowest BCUT2D eigenvalue weighted by atomic mass is 9.91. The number of rotatable bonds is 4. The summed E-state index contributed by atoms with van der Waals surface area (Å²) in [5.74, 6) is 0.813. The first kappa shape index (κ1) is 15.4. The zero-order valence-corrected chi connectivity index (χ0v) is 14.2. The molecule has 0 atom stereocenters. The van der Waals surface area contributed by atoms with Gasteiger partial charge in [0.05, 0.1) is 5.69 Å². The second kappa shape index (κ2) is 6.78. The smallest absolute Gasteiger partial charge is 0.174 e. The van der Waals surface area contributed by atoms with Crippen LogP contribution < -0.4 is 5.32 Å². The molecule has 2 heterocycles. The average Bonchev–Trinajstić information content (AvgIpc) is 3.03. The maximum Gasteiger partial charge on any atom is 0.174 e. The van der Waals surface area contributed by atoms with Gasteiger partial charge in [-0.3, -0.25) is 0 Å². The van der Waals surface area contributed by atoms with Crippen LogP contribution in [0.1, 0.15) is 37.4 Å². The molecule has 1 fully saturated rings. The minimum absolute atomic E-state index is 0.813. The molecule has 0 unspecified atom stereocenters. The highest BCUT2D eigenvalue weighted by molar-refractivity contribution is 6.05. The van der Waals surface area contributed by atoms with E-state index in [1.54, 1.807) is 0 Å². The van der Waals surface area contributed by atoms with E-state index in [4.69, 9.17) is 4.52 Å². The maximum atomic E-state index is 5.77. The number of aryl methyl sites for hydroxylation is 1. The molecule has 3 aromatic rings. The fourth-order valence-corrected chi connectivity index (χ4v) is 3.84. The highest BCUT2D eigenvalue weighted by Crippen LogP contribution is 2.32. The van der Waals surface area contributed by atoms with Crippen molar-refractivity contribution in [2.45, 2.75) is 32.6 Å². The Morgan fingerprint density at radius 1 is 1.21 bits per heavy atom. The summed E-state index contributed by atoms with van der Waals surface area (Å²) in [6.45, 7) is 4.35. The summed E-state index contributed by atoms with van der Waals surface area (Å²) in [5, 5.41) is 11.5. The van der Waals surface area contributed by atoms with Gasteiger partial charge < -0.3 is 9.84 Å². The second-order valence-electron chi connectivity index (χ2n) is 6.75. The van der Waals surface area contributed by atoms with Crippen LogP contribution in [-0.2, 0) is 6.42 Å². The summed E-state index contributed by atoms with van der Waals surface area (Å²) in [7, 11) is 0. The molecule has 0 saturated carbocycles. The summed E-state index contributed by atoms with van der Waals surface area (Å²) in [5.41, 5.74) is 3.18. The molecule has 0 aliphatic carbocycles. The molecule has 3 heteroatoms. The Morgan fingerprint density at radius 3 is 2.88 bits per heavy atom. The first-order chi connectivity index (χ1) is 11.9. The van der Waals surface area contributed by atoms with Crippen LogP contribution in [0.5, 0.6) is 0 Å². The molecular formula is C21H24N2O. The Balaban J connectivity index is 1.72. The Hall–Kier alpha value is -2.13. The third kappa shape index (κ3) is 2.84. The summed E-state index contributed by atoms with van der Waals surface area (Å²) >= 11 is 0. The summed E-state index contributed by atoms with van der Waals surface area (Å²) < 4.78 is 5.77. The highest BCUT2D eigenvalue weighted by atomic mass is 16.5. The quantitative estimate of drug-likeness (QED) is 0.739. The van der Waals surface area contributed by atoms with Gasteiger partial charge in [-0.2, -0.15) is 0 Å². The number of allylic oxidation sites excluding steroid dienone is 1. The van der Waals surface area contributed by atoms with E-state index in [0.717, 1.165) is 42.3 Å². The van der Waals surface area contributed by atoms with Crippen molar-refractivity contribution in [2.75, 3.05) is 13.1 Å². The molecule has 1 aliphatic heterocycles. The van der Waals surface area contributed by atoms with Crippen molar-refractivity contribution in [2.24, 2.45) is 5.92 Å². The lowest BCUT2D eigenvalue weighted by Gasteiger charge is -2.21. The first-order valence-corrected chi connectivity index (χ1v) is 9.00. The lowest BCUT2D eigenvalue weighted by Crippen LogP contribution is -2.27. The van der Waals surface area contributed by atoms with Gasteiger partial charge in [-0.25, -0.2) is 0 Å². The maximum absolute atomic E-state index is 5.77. The summed E-state index contributed by atoms with van der Waals surface area (Å²) in [6, 6.07) is 10.7. The molecule has 0 radical (unpaired) electrons. The number of piperidine rings is 1. The van der Waals surface area contributed by atoms with Crippen molar-refractivity contribution >= 4 is 27.8 Å². The van der Waals surface area contributed by atoms with Crippen LogP contribution >= 0.6 is 0 Å². The molecule has 0 bridgehead atoms. The van der Waals surface area contributed by atoms with Crippen molar-refractivity contribution in [3.8, 4) is 0 Å². The molecule has 0 amide bonds. The fraction of sp³-hybridized carbons (Fsp3) is 0.381. The van der Waals surface area contributed by atoms with Crippen molar-refractivity contribution in [3.63, 3.8) is 0 Å². The Morgan fingerprint density at radius 2 is 2.04 bits per heavy atom. The van der Waals surface area contributed by atoms with Crippen LogP contribution in [0.25, 0.3) is 27.8 Å². The van der Waals surface area contributed by atoms with Gasteiger partial charge in [0.2, 0.25) is 0 Å². The predicted molar refractivity (Wildman–Crippen MR) is 100 cm³/mol. The molecule has 4 rings (SSSR count). The SMILES string of the molecule is CC=Cc1c2ccccc2cc2c(CCC3CCNCC3)noc12. The number of aromatic nitrogens is 1. The fourth-order valence-electron chi connectivity index (χ4n) is 3.84. The van der Waals surface area contributed by atoms with E-state index in [1.165, 1.54) is 35.4 Å². The molecule has 1 N–H and O–H groups in total. The molecule has 24 heavy (non-hydrogen) atoms. The molecule has 3 nitrogen and oxygen atoms in total. The molecule has 1 saturated heterocycles. The van der Waals surface area contributed by atoms with Crippen LogP contribution in [-0.4, -0.2) is 18.2 Å². The minimum atomic E-state index is 0.813. The standard InChI is InChI=1S/C21H24N2O/c1-2-5-18-17-7-4-3-6-16(17)14-19-20(23-24-21(18)19)9-8-15-10-12-22-13-11-15/h2-7,14-15,22H,8-13H2,1H3. The monoisotopic (exact) mass is 320 g/mol. The van der Waals surface area contributed by atoms with Gasteiger partial charge in [-0.05, 0) is 68.5 Å². The first-order valence-electron chi connectivity index (χ1n) is 9.00. The molecular weight excluding hydrogens is 296 g/mol. The van der Waals surface area contributed by atoms with Gasteiger partial charge in [0.25, 0.3) is 0 Å². The molecule has 1 aliphatic rings. The molecule has 0 spiro atoms. The van der Waals surface area contributed by atoms with Crippen LogP contribution in [0, 0.1) is 5.92 Å². The van der Waals surface area contributed by atoms with E-state index in [-0.39, 0.29) is 0 Å². The average molecular weight is 320 g/mol. The third-order valence-corrected chi connectivity index (χ3v) is 5.18. The zero-order chi connectivity index (χ0) is 16.4. The van der Waals surface area contributed by atoms with Crippen molar-refractivity contribution in [1.29, 1.82) is 0 Å². The van der Waals surface area contributed by atoms with Gasteiger partial charge in [-0.15, -0.1) is 0 Å². The van der Waals surface area contributed by atoms with Crippen molar-refractivity contribution < 1.29 is 4.52 Å². The predicted octanol–water partition coefficient (Wildman–Crippen LogP) is 4.95. The Labute approximate surface area is 142 Å². The van der Waals surface area contributed by atoms with Crippen LogP contribution in [0.2, 0.25) is 0 Å². The van der Waals surface area contributed by atoms with E-state index in [1.807, 2.05) is 6.92 Å². The topological polar surface area (TPSA) is 38.1 Å². The number of benzene rings is 2. The molecule has 2 aromatic carbocycles. The third-order valence-electron chi connectivity index (χ3n) is 5.18. The van der Waals surface area contributed by atoms with Crippen LogP contribution in [0.15, 0.2) is 40.9 Å². The lowest BCUT2D eigenvalue weighted by molar-refractivity contribution is 0.350. The largest absolute Gasteiger partial charge is 0.355 e. The zero-order valence-electron chi connectivity index (χ0n) is 14.2. The number of fused-ring (bicyclic) bond motifs is 2. The van der Waals surface area contributed by atoms with Gasteiger partial charge in [0.1, 0.15) is 0 Å². The van der Waals surface area contributed by atoms with Gasteiger partial charge in [-0.1, -0.05) is 41.6 Å². The van der Waals surface area contributed by atoms with E-state index >= 15 is 0 Å². The van der Waals surface area contributed by atoms with Gasteiger partial charge in [0.15, 0.2) is 5.58 Å². The van der Waals surface area contributed by atoms with E-state index < -0.39 is 0 Å². The normalized spacial score (nSPS) is 16.5. The number of nitrogens with one attached hydrogen (secondary N) is 1. The van der Waals surface area contributed by atoms with E-state index in [2.05, 4.69) is 53.0 Å². The van der Waals surface area contributed by atoms with E-state index in [0.29, 0.717) is 0 Å². The summed E-state index contributed by atoms with van der Waals surface area (Å²) in [4.78, 5) is 0. The summed E-state index contributed by atoms with van der Waals surface area (Å²) in [6.07, 6.45) is 8.97. The molecule has 124 valence electrons. The van der Waals surface area contributed by atoms with Gasteiger partial charge in [0, 0.05) is 10.9 Å². The van der Waals surface area contributed by atoms with Crippen LogP contribution in [0.4, 0.5) is 0 Å². The number of hydrogen-bond acceptors (Lipinski definition) is 3. The van der Waals surface area contributed by atoms with E-state index in [9.17, 15) is 0 Å². The van der Waals surface area contributed by atoms with Gasteiger partial charge >= 0.3 is 0 Å². The Kier molecular flexibility index (Phi) is 4.35. The Bertz CT molecular complexity index is 872. The molecule has 1 aromatic heterocycles. The van der Waals surface area contributed by atoms with Crippen molar-refractivity contribution in [1.82, 2.24) is 10.5 Å². The number of hydrogen-bond donors (Lipinski definition) is 1. The van der Waals surface area contributed by atoms with Crippen molar-refractivity contribution in [3.05, 3.63) is 47.7 Å². The number of nitrogens with zero attached hydrogens (tertiary/aromatic N) is 1. The minimum Gasteiger partial charge on any atom is -0.355 e. The second-order valence-corrected chi connectivity index (χ2v) is 6.75.